The molecule has 0 unspecified atom stereocenters. The summed E-state index contributed by atoms with van der Waals surface area (Å²) in [7, 11) is 0. The van der Waals surface area contributed by atoms with E-state index in [9.17, 15) is 4.79 Å². The summed E-state index contributed by atoms with van der Waals surface area (Å²) in [6.45, 7) is 5.18. The lowest BCUT2D eigenvalue weighted by molar-refractivity contribution is -0.143. The van der Waals surface area contributed by atoms with Crippen LogP contribution in [0.15, 0.2) is 12.2 Å². The first-order valence-electron chi connectivity index (χ1n) is 17.6. The van der Waals surface area contributed by atoms with E-state index in [1.54, 1.807) is 0 Å². The second kappa shape index (κ2) is 34.2. The van der Waals surface area contributed by atoms with Gasteiger partial charge in [-0.25, -0.2) is 0 Å². The van der Waals surface area contributed by atoms with E-state index in [1.165, 1.54) is 173 Å². The predicted octanol–water partition coefficient (Wildman–Crippen LogP) is 12.8. The van der Waals surface area contributed by atoms with Crippen molar-refractivity contribution in [3.8, 4) is 0 Å². The molecule has 226 valence electrons. The average Bonchev–Trinajstić information content (AvgIpc) is 2.92. The maximum Gasteiger partial charge on any atom is 0.305 e. The van der Waals surface area contributed by atoms with Crippen LogP contribution in [0.25, 0.3) is 0 Å². The van der Waals surface area contributed by atoms with E-state index in [1.807, 2.05) is 0 Å². The largest absolute Gasteiger partial charge is 0.466 e. The van der Waals surface area contributed by atoms with Crippen molar-refractivity contribution in [1.29, 1.82) is 0 Å². The molecule has 0 aliphatic carbocycles. The molecule has 0 aromatic rings. The van der Waals surface area contributed by atoms with Crippen LogP contribution >= 0.6 is 0 Å². The molecular formula is C36H70O2. The van der Waals surface area contributed by atoms with Crippen LogP contribution in [0.1, 0.15) is 206 Å². The molecule has 0 heterocycles. The summed E-state index contributed by atoms with van der Waals surface area (Å²) < 4.78 is 5.43. The highest BCUT2D eigenvalue weighted by Crippen LogP contribution is 2.15. The molecule has 0 aromatic heterocycles. The highest BCUT2D eigenvalue weighted by atomic mass is 16.5. The molecule has 2 nitrogen and oxygen atoms in total. The van der Waals surface area contributed by atoms with Crippen molar-refractivity contribution in [2.24, 2.45) is 0 Å². The Hall–Kier alpha value is -0.790. The van der Waals surface area contributed by atoms with E-state index in [4.69, 9.17) is 4.74 Å². The Labute approximate surface area is 240 Å². The first kappa shape index (κ1) is 37.2. The van der Waals surface area contributed by atoms with Crippen LogP contribution in [0.3, 0.4) is 0 Å². The Bertz CT molecular complexity index is 470. The van der Waals surface area contributed by atoms with Gasteiger partial charge in [-0.15, -0.1) is 0 Å². The SMILES string of the molecule is CCCCCC/C=C\CCCCCCCCOC(=O)CCCCCCCCCCCCCCCCCCC. The number of esters is 1. The van der Waals surface area contributed by atoms with Crippen LogP contribution in [-0.4, -0.2) is 12.6 Å². The van der Waals surface area contributed by atoms with Crippen LogP contribution in [0, 0.1) is 0 Å². The summed E-state index contributed by atoms with van der Waals surface area (Å²) >= 11 is 0. The number of unbranched alkanes of at least 4 members (excludes halogenated alkanes) is 26. The predicted molar refractivity (Wildman–Crippen MR) is 170 cm³/mol. The second-order valence-corrected chi connectivity index (χ2v) is 11.9. The smallest absolute Gasteiger partial charge is 0.305 e. The Balaban J connectivity index is 3.17. The molecule has 38 heavy (non-hydrogen) atoms. The molecule has 0 aliphatic heterocycles. The van der Waals surface area contributed by atoms with Gasteiger partial charge in [0.25, 0.3) is 0 Å². The number of rotatable bonds is 32. The lowest BCUT2D eigenvalue weighted by Gasteiger charge is -2.05. The standard InChI is InChI=1S/C36H70O2/c1-3-5-7-9-11-13-15-17-19-20-21-22-24-26-28-30-32-34-36(37)38-35-33-31-29-27-25-23-18-16-14-12-10-8-6-4-2/h14,16H,3-13,15,17-35H2,1-2H3/b16-14-. The van der Waals surface area contributed by atoms with Gasteiger partial charge in [0.1, 0.15) is 0 Å². The molecule has 0 bridgehead atoms. The van der Waals surface area contributed by atoms with Gasteiger partial charge in [0.2, 0.25) is 0 Å². The maximum atomic E-state index is 11.9. The average molecular weight is 535 g/mol. The lowest BCUT2D eigenvalue weighted by atomic mass is 10.0. The summed E-state index contributed by atoms with van der Waals surface area (Å²) in [4.78, 5) is 11.9. The summed E-state index contributed by atoms with van der Waals surface area (Å²) in [5, 5.41) is 0. The van der Waals surface area contributed by atoms with Crippen molar-refractivity contribution < 1.29 is 9.53 Å². The van der Waals surface area contributed by atoms with Crippen LogP contribution in [0.5, 0.6) is 0 Å². The zero-order valence-corrected chi connectivity index (χ0v) is 26.4. The van der Waals surface area contributed by atoms with Crippen LogP contribution in [-0.2, 0) is 9.53 Å². The molecule has 2 heteroatoms. The number of hydrogen-bond donors (Lipinski definition) is 0. The fourth-order valence-electron chi connectivity index (χ4n) is 5.25. The summed E-state index contributed by atoms with van der Waals surface area (Å²) in [5.74, 6) is 0.0208. The van der Waals surface area contributed by atoms with E-state index in [2.05, 4.69) is 26.0 Å². The molecule has 0 radical (unpaired) electrons. The van der Waals surface area contributed by atoms with Crippen molar-refractivity contribution in [2.45, 2.75) is 206 Å². The first-order chi connectivity index (χ1) is 18.8. The van der Waals surface area contributed by atoms with Gasteiger partial charge >= 0.3 is 5.97 Å². The van der Waals surface area contributed by atoms with Crippen LogP contribution in [0.4, 0.5) is 0 Å². The number of carbonyl (C=O) groups is 1. The fraction of sp³-hybridized carbons (Fsp3) is 0.917. The molecule has 0 amide bonds. The molecule has 0 fully saturated rings. The molecule has 0 N–H and O–H groups in total. The number of hydrogen-bond acceptors (Lipinski definition) is 2. The summed E-state index contributed by atoms with van der Waals surface area (Å²) in [5.41, 5.74) is 0. The van der Waals surface area contributed by atoms with Gasteiger partial charge in [-0.3, -0.25) is 4.79 Å². The van der Waals surface area contributed by atoms with E-state index in [0.717, 1.165) is 12.8 Å². The quantitative estimate of drug-likeness (QED) is 0.0487. The van der Waals surface area contributed by atoms with Crippen molar-refractivity contribution in [3.05, 3.63) is 12.2 Å². The van der Waals surface area contributed by atoms with Crippen LogP contribution in [0.2, 0.25) is 0 Å². The molecule has 0 spiro atoms. The Morgan fingerprint density at radius 2 is 0.737 bits per heavy atom. The van der Waals surface area contributed by atoms with Crippen molar-refractivity contribution in [2.75, 3.05) is 6.61 Å². The minimum absolute atomic E-state index is 0.0208. The van der Waals surface area contributed by atoms with E-state index >= 15 is 0 Å². The third-order valence-electron chi connectivity index (χ3n) is 7.90. The number of ether oxygens (including phenoxy) is 1. The normalized spacial score (nSPS) is 11.5. The number of carbonyl (C=O) groups excluding carboxylic acids is 1. The van der Waals surface area contributed by atoms with E-state index in [-0.39, 0.29) is 5.97 Å². The lowest BCUT2D eigenvalue weighted by Crippen LogP contribution is -2.05. The maximum absolute atomic E-state index is 11.9. The third kappa shape index (κ3) is 33.2. The highest BCUT2D eigenvalue weighted by Gasteiger charge is 2.02. The first-order valence-corrected chi connectivity index (χ1v) is 17.6. The van der Waals surface area contributed by atoms with Gasteiger partial charge in [0.15, 0.2) is 0 Å². The van der Waals surface area contributed by atoms with Crippen LogP contribution < -0.4 is 0 Å². The molecule has 0 saturated heterocycles. The molecule has 0 saturated carbocycles. The minimum Gasteiger partial charge on any atom is -0.466 e. The van der Waals surface area contributed by atoms with Gasteiger partial charge < -0.3 is 4.74 Å². The monoisotopic (exact) mass is 535 g/mol. The Morgan fingerprint density at radius 1 is 0.421 bits per heavy atom. The van der Waals surface area contributed by atoms with E-state index in [0.29, 0.717) is 13.0 Å². The highest BCUT2D eigenvalue weighted by molar-refractivity contribution is 5.69. The number of allylic oxidation sites excluding steroid dienone is 2. The zero-order valence-electron chi connectivity index (χ0n) is 26.4. The van der Waals surface area contributed by atoms with Crippen molar-refractivity contribution >= 4 is 5.97 Å². The van der Waals surface area contributed by atoms with Gasteiger partial charge in [-0.2, -0.15) is 0 Å². The Kier molecular flexibility index (Phi) is 33.5. The molecule has 0 atom stereocenters. The van der Waals surface area contributed by atoms with Crippen molar-refractivity contribution in [3.63, 3.8) is 0 Å². The fourth-order valence-corrected chi connectivity index (χ4v) is 5.25. The second-order valence-electron chi connectivity index (χ2n) is 11.9. The summed E-state index contributed by atoms with van der Waals surface area (Å²) in [6, 6.07) is 0. The Morgan fingerprint density at radius 3 is 1.16 bits per heavy atom. The topological polar surface area (TPSA) is 26.3 Å². The van der Waals surface area contributed by atoms with Gasteiger partial charge in [-0.05, 0) is 38.5 Å². The molecular weight excluding hydrogens is 464 g/mol. The summed E-state index contributed by atoms with van der Waals surface area (Å²) in [6.07, 6.45) is 44.1. The van der Waals surface area contributed by atoms with Crippen molar-refractivity contribution in [1.82, 2.24) is 0 Å². The molecule has 0 rings (SSSR count). The minimum atomic E-state index is 0.0208. The molecule has 0 aromatic carbocycles. The third-order valence-corrected chi connectivity index (χ3v) is 7.90. The zero-order chi connectivity index (χ0) is 27.6. The van der Waals surface area contributed by atoms with Gasteiger partial charge in [0, 0.05) is 6.42 Å². The van der Waals surface area contributed by atoms with E-state index < -0.39 is 0 Å². The van der Waals surface area contributed by atoms with Gasteiger partial charge in [0.05, 0.1) is 6.61 Å². The van der Waals surface area contributed by atoms with Gasteiger partial charge in [-0.1, -0.05) is 174 Å². The molecule has 0 aliphatic rings.